The summed E-state index contributed by atoms with van der Waals surface area (Å²) in [6, 6.07) is 7.85. The molecule has 0 radical (unpaired) electrons. The Balaban J connectivity index is 1.93. The Morgan fingerprint density at radius 1 is 1.36 bits per heavy atom. The average molecular weight is 391 g/mol. The van der Waals surface area contributed by atoms with Gasteiger partial charge in [0.15, 0.2) is 5.96 Å². The zero-order chi connectivity index (χ0) is 20.2. The molecule has 7 nitrogen and oxygen atoms in total. The Morgan fingerprint density at radius 2 is 2.11 bits per heavy atom. The van der Waals surface area contributed by atoms with Crippen molar-refractivity contribution >= 4 is 5.96 Å². The number of ether oxygens (including phenoxy) is 2. The van der Waals surface area contributed by atoms with Crippen LogP contribution in [0.15, 0.2) is 41.9 Å². The van der Waals surface area contributed by atoms with Crippen molar-refractivity contribution in [1.82, 2.24) is 15.5 Å². The highest BCUT2D eigenvalue weighted by Gasteiger charge is 2.25. The minimum atomic E-state index is -0.863. The summed E-state index contributed by atoms with van der Waals surface area (Å²) < 4.78 is 11.1. The molecule has 1 unspecified atom stereocenters. The van der Waals surface area contributed by atoms with Crippen LogP contribution in [0.3, 0.4) is 0 Å². The van der Waals surface area contributed by atoms with E-state index in [0.29, 0.717) is 32.2 Å². The van der Waals surface area contributed by atoms with Gasteiger partial charge in [0.1, 0.15) is 12.4 Å². The summed E-state index contributed by atoms with van der Waals surface area (Å²) in [6.45, 7) is 13.4. The summed E-state index contributed by atoms with van der Waals surface area (Å²) in [5.41, 5.74) is 0.139. The first-order valence-electron chi connectivity index (χ1n) is 9.90. The molecule has 0 spiro atoms. The Labute approximate surface area is 168 Å². The lowest BCUT2D eigenvalue weighted by atomic mass is 10.1. The summed E-state index contributed by atoms with van der Waals surface area (Å²) in [5.74, 6) is 1.48. The first kappa shape index (κ1) is 22.2. The van der Waals surface area contributed by atoms with Crippen LogP contribution in [0.25, 0.3) is 0 Å². The minimum Gasteiger partial charge on any atom is -0.489 e. The van der Waals surface area contributed by atoms with Crippen LogP contribution in [0.5, 0.6) is 5.75 Å². The molecule has 1 aliphatic rings. The number of morpholine rings is 1. The minimum absolute atomic E-state index is 0.408. The maximum absolute atomic E-state index is 10.8. The third-order valence-electron chi connectivity index (χ3n) is 4.39. The lowest BCUT2D eigenvalue weighted by Gasteiger charge is -2.34. The van der Waals surface area contributed by atoms with Crippen molar-refractivity contribution in [1.29, 1.82) is 0 Å². The second kappa shape index (κ2) is 11.7. The first-order valence-corrected chi connectivity index (χ1v) is 9.90. The van der Waals surface area contributed by atoms with Gasteiger partial charge in [-0.1, -0.05) is 30.9 Å². The second-order valence-electron chi connectivity index (χ2n) is 7.14. The third kappa shape index (κ3) is 7.88. The molecule has 1 saturated heterocycles. The SMILES string of the molecule is C=CCOc1ccccc1CN=C(NCC)NCC(C)(O)CN1CCOCC1. The topological polar surface area (TPSA) is 78.3 Å². The zero-order valence-corrected chi connectivity index (χ0v) is 17.1. The maximum Gasteiger partial charge on any atom is 0.191 e. The molecule has 28 heavy (non-hydrogen) atoms. The Bertz CT molecular complexity index is 628. The number of nitrogens with zero attached hydrogens (tertiary/aromatic N) is 2. The third-order valence-corrected chi connectivity index (χ3v) is 4.39. The van der Waals surface area contributed by atoms with Crippen LogP contribution in [0.4, 0.5) is 0 Å². The van der Waals surface area contributed by atoms with Crippen LogP contribution in [-0.2, 0) is 11.3 Å². The highest BCUT2D eigenvalue weighted by atomic mass is 16.5. The summed E-state index contributed by atoms with van der Waals surface area (Å²) in [7, 11) is 0. The van der Waals surface area contributed by atoms with Gasteiger partial charge in [-0.25, -0.2) is 4.99 Å². The van der Waals surface area contributed by atoms with E-state index in [2.05, 4.69) is 27.1 Å². The van der Waals surface area contributed by atoms with Crippen LogP contribution in [0, 0.1) is 0 Å². The summed E-state index contributed by atoms with van der Waals surface area (Å²) in [5, 5.41) is 17.2. The highest BCUT2D eigenvalue weighted by molar-refractivity contribution is 5.79. The predicted octanol–water partition coefficient (Wildman–Crippen LogP) is 1.39. The monoisotopic (exact) mass is 390 g/mol. The van der Waals surface area contributed by atoms with E-state index in [1.54, 1.807) is 6.08 Å². The first-order chi connectivity index (χ1) is 13.5. The average Bonchev–Trinajstić information content (AvgIpc) is 2.69. The van der Waals surface area contributed by atoms with E-state index >= 15 is 0 Å². The molecule has 1 fully saturated rings. The van der Waals surface area contributed by atoms with Crippen LogP contribution in [0.1, 0.15) is 19.4 Å². The number of hydrogen-bond acceptors (Lipinski definition) is 5. The number of β-amino-alcohol motifs (C(OH)–C–C–N with tert-alkyl or cyclic N) is 1. The molecular weight excluding hydrogens is 356 g/mol. The molecule has 0 saturated carbocycles. The van der Waals surface area contributed by atoms with Crippen LogP contribution in [-0.4, -0.2) is 74.1 Å². The molecule has 1 atom stereocenters. The van der Waals surface area contributed by atoms with E-state index in [4.69, 9.17) is 9.47 Å². The number of rotatable bonds is 10. The fourth-order valence-electron chi connectivity index (χ4n) is 3.00. The number of nitrogens with one attached hydrogen (secondary N) is 2. The Morgan fingerprint density at radius 3 is 2.82 bits per heavy atom. The summed E-state index contributed by atoms with van der Waals surface area (Å²) in [6.07, 6.45) is 1.72. The summed E-state index contributed by atoms with van der Waals surface area (Å²) >= 11 is 0. The molecule has 0 bridgehead atoms. The molecule has 0 aromatic heterocycles. The van der Waals surface area contributed by atoms with Gasteiger partial charge in [0.25, 0.3) is 0 Å². The van der Waals surface area contributed by atoms with Crippen molar-refractivity contribution in [2.24, 2.45) is 4.99 Å². The van der Waals surface area contributed by atoms with Gasteiger partial charge in [-0.05, 0) is 19.9 Å². The van der Waals surface area contributed by atoms with Crippen molar-refractivity contribution in [3.8, 4) is 5.75 Å². The number of hydrogen-bond donors (Lipinski definition) is 3. The molecule has 1 heterocycles. The van der Waals surface area contributed by atoms with Gasteiger partial charge in [0.2, 0.25) is 0 Å². The van der Waals surface area contributed by atoms with E-state index in [1.165, 1.54) is 0 Å². The van der Waals surface area contributed by atoms with Gasteiger partial charge in [0, 0.05) is 38.3 Å². The molecule has 0 aliphatic carbocycles. The molecule has 7 heteroatoms. The van der Waals surface area contributed by atoms with Crippen molar-refractivity contribution in [3.05, 3.63) is 42.5 Å². The standard InChI is InChI=1S/C21H34N4O3/c1-4-12-28-19-9-7-6-8-18(19)15-23-20(22-5-2)24-16-21(3,26)17-25-10-13-27-14-11-25/h4,6-9,26H,1,5,10-17H2,2-3H3,(H2,22,23,24). The zero-order valence-electron chi connectivity index (χ0n) is 17.1. The van der Waals surface area contributed by atoms with Crippen LogP contribution in [0.2, 0.25) is 0 Å². The molecule has 2 rings (SSSR count). The molecule has 1 aromatic rings. The van der Waals surface area contributed by atoms with Gasteiger partial charge in [-0.2, -0.15) is 0 Å². The smallest absolute Gasteiger partial charge is 0.191 e. The van der Waals surface area contributed by atoms with Crippen molar-refractivity contribution in [2.45, 2.75) is 26.0 Å². The van der Waals surface area contributed by atoms with E-state index in [-0.39, 0.29) is 0 Å². The van der Waals surface area contributed by atoms with E-state index in [9.17, 15) is 5.11 Å². The number of guanidine groups is 1. The van der Waals surface area contributed by atoms with Gasteiger partial charge in [-0.3, -0.25) is 4.90 Å². The molecule has 1 aromatic carbocycles. The predicted molar refractivity (Wildman–Crippen MR) is 113 cm³/mol. The van der Waals surface area contributed by atoms with Gasteiger partial charge < -0.3 is 25.2 Å². The van der Waals surface area contributed by atoms with Crippen molar-refractivity contribution < 1.29 is 14.6 Å². The normalized spacial score (nSPS) is 17.6. The van der Waals surface area contributed by atoms with E-state index in [0.717, 1.165) is 44.2 Å². The number of aliphatic hydroxyl groups is 1. The maximum atomic E-state index is 10.8. The number of benzene rings is 1. The van der Waals surface area contributed by atoms with Crippen LogP contribution >= 0.6 is 0 Å². The number of para-hydroxylation sites is 1. The van der Waals surface area contributed by atoms with E-state index < -0.39 is 5.60 Å². The molecule has 156 valence electrons. The fourth-order valence-corrected chi connectivity index (χ4v) is 3.00. The van der Waals surface area contributed by atoms with Gasteiger partial charge in [-0.15, -0.1) is 0 Å². The van der Waals surface area contributed by atoms with Crippen LogP contribution < -0.4 is 15.4 Å². The quantitative estimate of drug-likeness (QED) is 0.318. The molecular formula is C21H34N4O3. The van der Waals surface area contributed by atoms with Crippen molar-refractivity contribution in [3.63, 3.8) is 0 Å². The second-order valence-corrected chi connectivity index (χ2v) is 7.14. The summed E-state index contributed by atoms with van der Waals surface area (Å²) in [4.78, 5) is 6.87. The Hall–Kier alpha value is -2.09. The van der Waals surface area contributed by atoms with Crippen molar-refractivity contribution in [2.75, 3.05) is 52.5 Å². The largest absolute Gasteiger partial charge is 0.489 e. The molecule has 1 aliphatic heterocycles. The Kier molecular flexibility index (Phi) is 9.27. The molecule has 3 N–H and O–H groups in total. The lowest BCUT2D eigenvalue weighted by Crippen LogP contribution is -2.52. The van der Waals surface area contributed by atoms with Gasteiger partial charge >= 0.3 is 0 Å². The fraction of sp³-hybridized carbons (Fsp3) is 0.571. The van der Waals surface area contributed by atoms with E-state index in [1.807, 2.05) is 38.1 Å². The van der Waals surface area contributed by atoms with Gasteiger partial charge in [0.05, 0.1) is 25.4 Å². The molecule has 0 amide bonds. The number of aliphatic imine (C=N–C) groups is 1. The lowest BCUT2D eigenvalue weighted by molar-refractivity contribution is -0.0201. The highest BCUT2D eigenvalue weighted by Crippen LogP contribution is 2.18.